The van der Waals surface area contributed by atoms with Crippen LogP contribution in [0.3, 0.4) is 0 Å². The average molecular weight is 354 g/mol. The molecule has 26 heavy (non-hydrogen) atoms. The van der Waals surface area contributed by atoms with Crippen LogP contribution in [0.5, 0.6) is 5.75 Å². The highest BCUT2D eigenvalue weighted by Crippen LogP contribution is 2.50. The van der Waals surface area contributed by atoms with Crippen molar-refractivity contribution in [2.24, 2.45) is 11.8 Å². The molecule has 1 saturated carbocycles. The van der Waals surface area contributed by atoms with E-state index in [1.165, 1.54) is 11.1 Å². The number of rotatable bonds is 6. The summed E-state index contributed by atoms with van der Waals surface area (Å²) in [5.41, 5.74) is 2.62. The van der Waals surface area contributed by atoms with Gasteiger partial charge in [-0.3, -0.25) is 0 Å². The Morgan fingerprint density at radius 3 is 2.50 bits per heavy atom. The quantitative estimate of drug-likeness (QED) is 0.851. The van der Waals surface area contributed by atoms with Gasteiger partial charge in [0.05, 0.1) is 12.7 Å². The summed E-state index contributed by atoms with van der Waals surface area (Å²) in [6, 6.07) is 16.6. The molecule has 0 amide bonds. The van der Waals surface area contributed by atoms with Gasteiger partial charge in [0.15, 0.2) is 0 Å². The summed E-state index contributed by atoms with van der Waals surface area (Å²) in [4.78, 5) is 2.19. The minimum atomic E-state index is -0.808. The molecule has 140 valence electrons. The fourth-order valence-electron chi connectivity index (χ4n) is 4.61. The fourth-order valence-corrected chi connectivity index (χ4v) is 4.61. The van der Waals surface area contributed by atoms with E-state index in [4.69, 9.17) is 4.74 Å². The third-order valence-corrected chi connectivity index (χ3v) is 5.83. The van der Waals surface area contributed by atoms with Crippen LogP contribution in [0.2, 0.25) is 0 Å². The molecule has 0 saturated heterocycles. The van der Waals surface area contributed by atoms with Crippen LogP contribution in [-0.4, -0.2) is 37.8 Å². The molecule has 0 heterocycles. The molecule has 3 unspecified atom stereocenters. The molecular weight excluding hydrogens is 322 g/mol. The number of nitrogens with zero attached hydrogens (tertiary/aromatic N) is 1. The zero-order valence-electron chi connectivity index (χ0n) is 16.4. The van der Waals surface area contributed by atoms with Crippen LogP contribution in [0.4, 0.5) is 0 Å². The second-order valence-electron chi connectivity index (χ2n) is 7.94. The SMILES string of the molecule is COc1ccccc1CC1CCC(CN(C)C)C1(O)c1cccc(C)c1. The Morgan fingerprint density at radius 1 is 1.08 bits per heavy atom. The highest BCUT2D eigenvalue weighted by Gasteiger charge is 2.50. The van der Waals surface area contributed by atoms with Crippen molar-refractivity contribution in [1.82, 2.24) is 4.90 Å². The van der Waals surface area contributed by atoms with E-state index in [2.05, 4.69) is 62.3 Å². The summed E-state index contributed by atoms with van der Waals surface area (Å²) in [7, 11) is 5.89. The van der Waals surface area contributed by atoms with E-state index in [-0.39, 0.29) is 11.8 Å². The lowest BCUT2D eigenvalue weighted by Gasteiger charge is -2.37. The standard InChI is InChI=1S/C23H31NO2/c1-17-8-7-10-19(14-17)23(25)20(12-13-21(23)16-24(2)3)15-18-9-5-6-11-22(18)26-4/h5-11,14,20-21,25H,12-13,15-16H2,1-4H3. The second-order valence-corrected chi connectivity index (χ2v) is 7.94. The van der Waals surface area contributed by atoms with E-state index < -0.39 is 5.60 Å². The zero-order chi connectivity index (χ0) is 18.7. The normalized spacial score (nSPS) is 25.6. The molecule has 0 spiro atoms. The third kappa shape index (κ3) is 3.65. The molecule has 1 N–H and O–H groups in total. The monoisotopic (exact) mass is 353 g/mol. The van der Waals surface area contributed by atoms with Gasteiger partial charge in [0.2, 0.25) is 0 Å². The van der Waals surface area contributed by atoms with Crippen molar-refractivity contribution in [3.05, 3.63) is 65.2 Å². The molecule has 3 heteroatoms. The number of benzene rings is 2. The molecule has 3 rings (SSSR count). The van der Waals surface area contributed by atoms with Crippen LogP contribution < -0.4 is 4.74 Å². The van der Waals surface area contributed by atoms with Crippen molar-refractivity contribution < 1.29 is 9.84 Å². The van der Waals surface area contributed by atoms with E-state index in [0.29, 0.717) is 0 Å². The maximum atomic E-state index is 12.0. The van der Waals surface area contributed by atoms with E-state index in [1.54, 1.807) is 7.11 Å². The first kappa shape index (κ1) is 18.9. The second kappa shape index (κ2) is 7.81. The zero-order valence-corrected chi connectivity index (χ0v) is 16.4. The molecule has 1 aliphatic rings. The number of hydrogen-bond acceptors (Lipinski definition) is 3. The average Bonchev–Trinajstić information content (AvgIpc) is 2.92. The molecule has 0 radical (unpaired) electrons. The number of para-hydroxylation sites is 1. The number of aryl methyl sites for hydroxylation is 1. The summed E-state index contributed by atoms with van der Waals surface area (Å²) >= 11 is 0. The Kier molecular flexibility index (Phi) is 5.69. The Hall–Kier alpha value is -1.84. The van der Waals surface area contributed by atoms with Crippen LogP contribution >= 0.6 is 0 Å². The molecule has 1 fully saturated rings. The van der Waals surface area contributed by atoms with Gasteiger partial charge in [0.25, 0.3) is 0 Å². The van der Waals surface area contributed by atoms with Crippen molar-refractivity contribution >= 4 is 0 Å². The number of aliphatic hydroxyl groups is 1. The van der Waals surface area contributed by atoms with E-state index in [0.717, 1.165) is 37.1 Å². The molecule has 2 aromatic carbocycles. The molecule has 3 nitrogen and oxygen atoms in total. The number of hydrogen-bond donors (Lipinski definition) is 1. The molecule has 0 aromatic heterocycles. The summed E-state index contributed by atoms with van der Waals surface area (Å²) in [6.07, 6.45) is 2.90. The minimum Gasteiger partial charge on any atom is -0.496 e. The highest BCUT2D eigenvalue weighted by atomic mass is 16.5. The Labute approximate surface area is 157 Å². The van der Waals surface area contributed by atoms with Gasteiger partial charge in [-0.1, -0.05) is 48.0 Å². The van der Waals surface area contributed by atoms with Crippen molar-refractivity contribution in [2.45, 2.75) is 31.8 Å². The maximum Gasteiger partial charge on any atom is 0.122 e. The first-order valence-electron chi connectivity index (χ1n) is 9.51. The molecule has 2 aromatic rings. The number of methoxy groups -OCH3 is 1. The predicted octanol–water partition coefficient (Wildman–Crippen LogP) is 4.02. The van der Waals surface area contributed by atoms with Crippen LogP contribution in [0.15, 0.2) is 48.5 Å². The van der Waals surface area contributed by atoms with Gasteiger partial charge in [-0.05, 0) is 63.4 Å². The van der Waals surface area contributed by atoms with Crippen molar-refractivity contribution in [3.63, 3.8) is 0 Å². The largest absolute Gasteiger partial charge is 0.496 e. The van der Waals surface area contributed by atoms with Gasteiger partial charge in [-0.15, -0.1) is 0 Å². The predicted molar refractivity (Wildman–Crippen MR) is 107 cm³/mol. The molecule has 1 aliphatic carbocycles. The van der Waals surface area contributed by atoms with Gasteiger partial charge in [0, 0.05) is 12.5 Å². The third-order valence-electron chi connectivity index (χ3n) is 5.83. The van der Waals surface area contributed by atoms with Gasteiger partial charge >= 0.3 is 0 Å². The Morgan fingerprint density at radius 2 is 1.81 bits per heavy atom. The van der Waals surface area contributed by atoms with Crippen LogP contribution in [0.25, 0.3) is 0 Å². The van der Waals surface area contributed by atoms with E-state index in [1.807, 2.05) is 12.1 Å². The summed E-state index contributed by atoms with van der Waals surface area (Å²) in [6.45, 7) is 2.99. The molecule has 0 bridgehead atoms. The lowest BCUT2D eigenvalue weighted by molar-refractivity contribution is -0.0491. The summed E-state index contributed by atoms with van der Waals surface area (Å²) in [5.74, 6) is 1.33. The van der Waals surface area contributed by atoms with E-state index in [9.17, 15) is 5.11 Å². The molecule has 3 atom stereocenters. The van der Waals surface area contributed by atoms with Crippen molar-refractivity contribution in [3.8, 4) is 5.75 Å². The highest BCUT2D eigenvalue weighted by molar-refractivity contribution is 5.36. The first-order valence-corrected chi connectivity index (χ1v) is 9.51. The van der Waals surface area contributed by atoms with Crippen molar-refractivity contribution in [2.75, 3.05) is 27.7 Å². The van der Waals surface area contributed by atoms with E-state index >= 15 is 0 Å². The first-order chi connectivity index (χ1) is 12.4. The van der Waals surface area contributed by atoms with Crippen LogP contribution in [-0.2, 0) is 12.0 Å². The topological polar surface area (TPSA) is 32.7 Å². The Balaban J connectivity index is 1.98. The smallest absolute Gasteiger partial charge is 0.122 e. The number of ether oxygens (including phenoxy) is 1. The van der Waals surface area contributed by atoms with Gasteiger partial charge in [-0.25, -0.2) is 0 Å². The maximum absolute atomic E-state index is 12.0. The lowest BCUT2D eigenvalue weighted by atomic mass is 9.75. The van der Waals surface area contributed by atoms with Gasteiger partial charge < -0.3 is 14.7 Å². The molecular formula is C23H31NO2. The van der Waals surface area contributed by atoms with Gasteiger partial charge in [0.1, 0.15) is 5.75 Å². The Bertz CT molecular complexity index is 742. The lowest BCUT2D eigenvalue weighted by Crippen LogP contribution is -2.42. The minimum absolute atomic E-state index is 0.186. The summed E-state index contributed by atoms with van der Waals surface area (Å²) < 4.78 is 5.55. The van der Waals surface area contributed by atoms with Gasteiger partial charge in [-0.2, -0.15) is 0 Å². The van der Waals surface area contributed by atoms with Crippen LogP contribution in [0, 0.1) is 18.8 Å². The van der Waals surface area contributed by atoms with Crippen LogP contribution in [0.1, 0.15) is 29.5 Å². The summed E-state index contributed by atoms with van der Waals surface area (Å²) in [5, 5.41) is 12.0. The van der Waals surface area contributed by atoms with Crippen molar-refractivity contribution in [1.29, 1.82) is 0 Å². The molecule has 0 aliphatic heterocycles. The fraction of sp³-hybridized carbons (Fsp3) is 0.478.